The number of likely N-dealkylation sites (N-methyl/N-ethyl adjacent to an activating group) is 1. The van der Waals surface area contributed by atoms with E-state index in [1.54, 1.807) is 0 Å². The van der Waals surface area contributed by atoms with Gasteiger partial charge in [0.2, 0.25) is 5.91 Å². The van der Waals surface area contributed by atoms with Crippen molar-refractivity contribution in [2.24, 2.45) is 0 Å². The van der Waals surface area contributed by atoms with Gasteiger partial charge in [-0.2, -0.15) is 0 Å². The third kappa shape index (κ3) is 41.6. The Kier molecular flexibility index (Phi) is 37.6. The van der Waals surface area contributed by atoms with E-state index in [1.807, 2.05) is 21.1 Å². The normalized spacial score (nSPS) is 15.1. The highest BCUT2D eigenvalue weighted by molar-refractivity contribution is 7.47. The van der Waals surface area contributed by atoms with Crippen LogP contribution in [0.1, 0.15) is 162 Å². The van der Waals surface area contributed by atoms with Crippen molar-refractivity contribution in [3.63, 3.8) is 0 Å². The minimum Gasteiger partial charge on any atom is -0.391 e. The van der Waals surface area contributed by atoms with Gasteiger partial charge in [0, 0.05) is 6.42 Å². The lowest BCUT2D eigenvalue weighted by Crippen LogP contribution is -2.46. The van der Waals surface area contributed by atoms with Gasteiger partial charge in [-0.3, -0.25) is 13.8 Å². The Morgan fingerprint density at radius 1 is 0.614 bits per heavy atom. The molecule has 0 aliphatic rings. The first kappa shape index (κ1) is 54.7. The number of phosphoric ester groups is 1. The number of hydrogen-bond donors (Lipinski definition) is 3. The molecule has 0 rings (SSSR count). The summed E-state index contributed by atoms with van der Waals surface area (Å²) in [4.78, 5) is 23.1. The average Bonchev–Trinajstić information content (AvgIpc) is 3.16. The number of quaternary nitrogens is 1. The minimum absolute atomic E-state index is 0.0652. The number of allylic oxidation sites excluding steroid dienone is 14. The van der Waals surface area contributed by atoms with Crippen molar-refractivity contribution in [1.82, 2.24) is 5.32 Å². The number of carbonyl (C=O) groups excluding carboxylic acids is 1. The van der Waals surface area contributed by atoms with Gasteiger partial charge in [-0.15, -0.1) is 0 Å². The van der Waals surface area contributed by atoms with E-state index < -0.39 is 20.0 Å². The van der Waals surface area contributed by atoms with Crippen LogP contribution in [0.25, 0.3) is 0 Å². The molecule has 0 aromatic rings. The maximum atomic E-state index is 12.8. The summed E-state index contributed by atoms with van der Waals surface area (Å²) in [5.74, 6) is -0.172. The standard InChI is InChI=1S/C48H85N2O6P/c1-6-8-10-12-14-16-17-18-19-20-21-22-23-24-25-26-27-28-29-30-31-32-33-34-36-38-40-42-48(52)49-46(45-56-57(53,54)55-44-43-50(3,4)5)47(51)41-39-37-35-15-13-11-9-7-2/h8,10,14,16,18-19,21-22,24-25,27-28,30-31,46-47,51H,6-7,9,11-13,15,17,20,23,26,29,32-45H2,1-5H3,(H-,49,52,53,54)/p+1/b10-8-,16-14-,19-18-,22-21-,25-24-,28-27-,31-30-. The fraction of sp³-hybridized carbons (Fsp3) is 0.688. The van der Waals surface area contributed by atoms with Crippen LogP contribution in [0.5, 0.6) is 0 Å². The number of amides is 1. The van der Waals surface area contributed by atoms with Gasteiger partial charge in [0.25, 0.3) is 0 Å². The van der Waals surface area contributed by atoms with Crippen molar-refractivity contribution in [2.75, 3.05) is 40.9 Å². The number of rotatable bonds is 39. The van der Waals surface area contributed by atoms with Crippen molar-refractivity contribution in [3.8, 4) is 0 Å². The van der Waals surface area contributed by atoms with E-state index in [0.29, 0.717) is 23.9 Å². The molecular formula is C48H86N2O6P+. The zero-order valence-electron chi connectivity index (χ0n) is 37.0. The first-order valence-electron chi connectivity index (χ1n) is 22.5. The number of nitrogens with one attached hydrogen (secondary N) is 1. The summed E-state index contributed by atoms with van der Waals surface area (Å²) >= 11 is 0. The molecule has 9 heteroatoms. The summed E-state index contributed by atoms with van der Waals surface area (Å²) in [5, 5.41) is 13.8. The predicted molar refractivity (Wildman–Crippen MR) is 244 cm³/mol. The Bertz CT molecular complexity index is 1200. The second-order valence-electron chi connectivity index (χ2n) is 16.0. The third-order valence-electron chi connectivity index (χ3n) is 9.41. The largest absolute Gasteiger partial charge is 0.472 e. The summed E-state index contributed by atoms with van der Waals surface area (Å²) in [6.07, 6.45) is 53.4. The molecule has 0 radical (unpaired) electrons. The maximum Gasteiger partial charge on any atom is 0.472 e. The van der Waals surface area contributed by atoms with Crippen LogP contribution in [0.15, 0.2) is 85.1 Å². The fourth-order valence-corrected chi connectivity index (χ4v) is 6.58. The average molecular weight is 818 g/mol. The molecule has 328 valence electrons. The van der Waals surface area contributed by atoms with Gasteiger partial charge < -0.3 is 19.8 Å². The number of carbonyl (C=O) groups is 1. The molecule has 0 bridgehead atoms. The monoisotopic (exact) mass is 818 g/mol. The van der Waals surface area contributed by atoms with Crippen LogP contribution in [0.4, 0.5) is 0 Å². The Morgan fingerprint density at radius 3 is 1.54 bits per heavy atom. The summed E-state index contributed by atoms with van der Waals surface area (Å²) in [6, 6.07) is -0.774. The lowest BCUT2D eigenvalue weighted by molar-refractivity contribution is -0.870. The van der Waals surface area contributed by atoms with Crippen LogP contribution in [0.3, 0.4) is 0 Å². The summed E-state index contributed by atoms with van der Waals surface area (Å²) in [5.41, 5.74) is 0. The van der Waals surface area contributed by atoms with E-state index >= 15 is 0 Å². The highest BCUT2D eigenvalue weighted by Gasteiger charge is 2.28. The van der Waals surface area contributed by atoms with E-state index in [1.165, 1.54) is 32.1 Å². The number of hydrogen-bond acceptors (Lipinski definition) is 5. The predicted octanol–water partition coefficient (Wildman–Crippen LogP) is 12.6. The molecule has 0 spiro atoms. The smallest absolute Gasteiger partial charge is 0.391 e. The fourth-order valence-electron chi connectivity index (χ4n) is 5.85. The Labute approximate surface area is 350 Å². The summed E-state index contributed by atoms with van der Waals surface area (Å²) in [7, 11) is 1.58. The molecular weight excluding hydrogens is 732 g/mol. The van der Waals surface area contributed by atoms with Crippen LogP contribution in [-0.2, 0) is 18.4 Å². The number of nitrogens with zero attached hydrogens (tertiary/aromatic N) is 1. The highest BCUT2D eigenvalue weighted by Crippen LogP contribution is 2.43. The van der Waals surface area contributed by atoms with E-state index in [9.17, 15) is 19.4 Å². The zero-order valence-corrected chi connectivity index (χ0v) is 37.9. The van der Waals surface area contributed by atoms with E-state index in [4.69, 9.17) is 9.05 Å². The first-order valence-corrected chi connectivity index (χ1v) is 23.9. The Hall–Kier alpha value is -2.32. The van der Waals surface area contributed by atoms with Gasteiger partial charge in [-0.25, -0.2) is 4.57 Å². The molecule has 0 fully saturated rings. The lowest BCUT2D eigenvalue weighted by atomic mass is 10.0. The van der Waals surface area contributed by atoms with E-state index in [2.05, 4.69) is 104 Å². The number of aliphatic hydroxyl groups excluding tert-OH is 1. The maximum absolute atomic E-state index is 12.8. The lowest BCUT2D eigenvalue weighted by Gasteiger charge is -2.26. The number of unbranched alkanes of at least 4 members (excludes halogenated alkanes) is 12. The van der Waals surface area contributed by atoms with Crippen LogP contribution >= 0.6 is 7.82 Å². The molecule has 0 aliphatic heterocycles. The SMILES string of the molecule is CC/C=C\C/C=C\C/C=C\C/C=C\C/C=C\C/C=C\C/C=C\CCCCCCCC(=O)NC(COP(=O)(O)OCC[N+](C)(C)C)C(O)CCCCCCCCCC. The summed E-state index contributed by atoms with van der Waals surface area (Å²) < 4.78 is 23.5. The van der Waals surface area contributed by atoms with E-state index in [-0.39, 0.29) is 19.1 Å². The van der Waals surface area contributed by atoms with Crippen LogP contribution in [0.2, 0.25) is 0 Å². The Morgan fingerprint density at radius 2 is 1.05 bits per heavy atom. The van der Waals surface area contributed by atoms with Crippen molar-refractivity contribution in [2.45, 2.75) is 174 Å². The molecule has 3 N–H and O–H groups in total. The first-order chi connectivity index (χ1) is 27.5. The van der Waals surface area contributed by atoms with Gasteiger partial charge in [-0.1, -0.05) is 170 Å². The third-order valence-corrected chi connectivity index (χ3v) is 10.4. The van der Waals surface area contributed by atoms with Gasteiger partial charge >= 0.3 is 7.82 Å². The van der Waals surface area contributed by atoms with Crippen molar-refractivity contribution < 1.29 is 32.9 Å². The van der Waals surface area contributed by atoms with Gasteiger partial charge in [-0.05, 0) is 70.6 Å². The van der Waals surface area contributed by atoms with Gasteiger partial charge in [0.1, 0.15) is 13.2 Å². The van der Waals surface area contributed by atoms with Crippen molar-refractivity contribution in [3.05, 3.63) is 85.1 Å². The molecule has 1 amide bonds. The molecule has 3 unspecified atom stereocenters. The molecule has 57 heavy (non-hydrogen) atoms. The highest BCUT2D eigenvalue weighted by atomic mass is 31.2. The minimum atomic E-state index is -4.32. The molecule has 8 nitrogen and oxygen atoms in total. The number of phosphoric acid groups is 1. The zero-order chi connectivity index (χ0) is 42.1. The number of aliphatic hydroxyl groups is 1. The van der Waals surface area contributed by atoms with Crippen molar-refractivity contribution >= 4 is 13.7 Å². The van der Waals surface area contributed by atoms with Crippen LogP contribution in [-0.4, -0.2) is 73.4 Å². The molecule has 0 saturated carbocycles. The molecule has 0 aliphatic carbocycles. The van der Waals surface area contributed by atoms with Gasteiger partial charge in [0.15, 0.2) is 0 Å². The van der Waals surface area contributed by atoms with Crippen LogP contribution < -0.4 is 5.32 Å². The second kappa shape index (κ2) is 39.2. The topological polar surface area (TPSA) is 105 Å². The van der Waals surface area contributed by atoms with Gasteiger partial charge in [0.05, 0.1) is 39.9 Å². The molecule has 0 aromatic heterocycles. The molecule has 0 heterocycles. The van der Waals surface area contributed by atoms with Crippen molar-refractivity contribution in [1.29, 1.82) is 0 Å². The molecule has 0 aromatic carbocycles. The second-order valence-corrected chi connectivity index (χ2v) is 17.5. The molecule has 3 atom stereocenters. The quantitative estimate of drug-likeness (QED) is 0.0247. The Balaban J connectivity index is 4.25. The molecule has 0 saturated heterocycles. The van der Waals surface area contributed by atoms with E-state index in [0.717, 1.165) is 103 Å². The van der Waals surface area contributed by atoms with Crippen LogP contribution in [0, 0.1) is 0 Å². The summed E-state index contributed by atoms with van der Waals surface area (Å²) in [6.45, 7) is 4.69.